The number of rotatable bonds is 2. The molecule has 0 amide bonds. The first-order chi connectivity index (χ1) is 9.97. The van der Waals surface area contributed by atoms with Gasteiger partial charge in [-0.3, -0.25) is 4.55 Å². The van der Waals surface area contributed by atoms with Gasteiger partial charge in [0.05, 0.1) is 4.90 Å². The van der Waals surface area contributed by atoms with E-state index in [-0.39, 0.29) is 41.6 Å². The van der Waals surface area contributed by atoms with Crippen molar-refractivity contribution in [3.63, 3.8) is 0 Å². The van der Waals surface area contributed by atoms with E-state index in [1.54, 1.807) is 18.2 Å². The molecule has 0 aliphatic carbocycles. The molecule has 0 atom stereocenters. The van der Waals surface area contributed by atoms with Crippen LogP contribution in [0.25, 0.3) is 21.9 Å². The molecule has 0 saturated heterocycles. The van der Waals surface area contributed by atoms with E-state index in [1.807, 2.05) is 30.3 Å². The minimum absolute atomic E-state index is 0. The summed E-state index contributed by atoms with van der Waals surface area (Å²) in [7, 11) is -4.22. The van der Waals surface area contributed by atoms with Crippen molar-refractivity contribution < 1.29 is 49.1 Å². The summed E-state index contributed by atoms with van der Waals surface area (Å²) >= 11 is 0. The van der Waals surface area contributed by atoms with Crippen LogP contribution in [0.1, 0.15) is 1.43 Å². The Morgan fingerprint density at radius 1 is 0.864 bits per heavy atom. The van der Waals surface area contributed by atoms with E-state index in [2.05, 4.69) is 0 Å². The molecular formula is C16H13NaO4S. The quantitative estimate of drug-likeness (QED) is 0.534. The maximum absolute atomic E-state index is 11.1. The number of hydrogen-bond donors (Lipinski definition) is 2. The molecule has 3 aromatic carbocycles. The van der Waals surface area contributed by atoms with E-state index in [4.69, 9.17) is 4.55 Å². The minimum Gasteiger partial charge on any atom is -1.00 e. The smallest absolute Gasteiger partial charge is 1.00 e. The van der Waals surface area contributed by atoms with Crippen LogP contribution in [0.15, 0.2) is 65.6 Å². The van der Waals surface area contributed by atoms with Crippen molar-refractivity contribution in [1.82, 2.24) is 0 Å². The van der Waals surface area contributed by atoms with Crippen molar-refractivity contribution in [3.8, 4) is 16.9 Å². The molecule has 0 spiro atoms. The number of fused-ring (bicyclic) bond motifs is 1. The van der Waals surface area contributed by atoms with Crippen LogP contribution in [0.5, 0.6) is 5.75 Å². The predicted octanol–water partition coefficient (Wildman–Crippen LogP) is 0.576. The van der Waals surface area contributed by atoms with Gasteiger partial charge in [-0.15, -0.1) is 0 Å². The number of phenols is 1. The average molecular weight is 324 g/mol. The third-order valence-electron chi connectivity index (χ3n) is 3.35. The third kappa shape index (κ3) is 3.19. The second-order valence-electron chi connectivity index (χ2n) is 4.68. The van der Waals surface area contributed by atoms with Crippen molar-refractivity contribution in [2.75, 3.05) is 0 Å². The minimum atomic E-state index is -4.22. The Morgan fingerprint density at radius 3 is 2.14 bits per heavy atom. The van der Waals surface area contributed by atoms with Crippen LogP contribution in [0, 0.1) is 0 Å². The van der Waals surface area contributed by atoms with Crippen LogP contribution < -0.4 is 29.6 Å². The normalized spacial score (nSPS) is 11.1. The van der Waals surface area contributed by atoms with Crippen LogP contribution in [0.2, 0.25) is 0 Å². The maximum Gasteiger partial charge on any atom is 1.00 e. The molecule has 108 valence electrons. The molecule has 0 aliphatic rings. The van der Waals surface area contributed by atoms with E-state index in [0.717, 1.165) is 10.8 Å². The predicted molar refractivity (Wildman–Crippen MR) is 82.0 cm³/mol. The molecule has 0 saturated carbocycles. The zero-order chi connectivity index (χ0) is 15.0. The van der Waals surface area contributed by atoms with Crippen molar-refractivity contribution in [1.29, 1.82) is 0 Å². The summed E-state index contributed by atoms with van der Waals surface area (Å²) < 4.78 is 31.1. The fraction of sp³-hybridized carbons (Fsp3) is 0. The number of hydrogen-bond acceptors (Lipinski definition) is 3. The standard InChI is InChI=1S/C16H12O4S.Na.H/c17-15-10-7-11-3-1-2-4-14(11)16(15)12-5-8-13(9-6-12)21(18,19)20;;/h1-10,17H,(H,18,19,20);;/q;+1;-1. The summed E-state index contributed by atoms with van der Waals surface area (Å²) in [6.07, 6.45) is 0. The van der Waals surface area contributed by atoms with Gasteiger partial charge in [-0.25, -0.2) is 0 Å². The van der Waals surface area contributed by atoms with Crippen molar-refractivity contribution in [2.24, 2.45) is 0 Å². The molecule has 0 aliphatic heterocycles. The van der Waals surface area contributed by atoms with Gasteiger partial charge in [0.2, 0.25) is 0 Å². The number of phenolic OH excluding ortho intramolecular Hbond substituents is 1. The Kier molecular flexibility index (Phi) is 4.94. The molecule has 2 N–H and O–H groups in total. The molecule has 3 aromatic rings. The molecule has 3 rings (SSSR count). The van der Waals surface area contributed by atoms with Crippen LogP contribution in [-0.2, 0) is 10.1 Å². The SMILES string of the molecule is O=S(=O)(O)c1ccc(-c2c(O)ccc3ccccc23)cc1.[H-].[Na+]. The first kappa shape index (κ1) is 17.0. The van der Waals surface area contributed by atoms with Gasteiger partial charge in [-0.1, -0.05) is 42.5 Å². The maximum atomic E-state index is 11.1. The fourth-order valence-corrected chi connectivity index (χ4v) is 2.84. The van der Waals surface area contributed by atoms with Gasteiger partial charge < -0.3 is 6.53 Å². The molecule has 6 heteroatoms. The molecule has 0 fully saturated rings. The molecule has 0 aromatic heterocycles. The first-order valence-electron chi connectivity index (χ1n) is 6.25. The monoisotopic (exact) mass is 324 g/mol. The molecule has 4 nitrogen and oxygen atoms in total. The summed E-state index contributed by atoms with van der Waals surface area (Å²) in [6, 6.07) is 16.8. The van der Waals surface area contributed by atoms with Gasteiger partial charge >= 0.3 is 29.6 Å². The number of aromatic hydroxyl groups is 1. The average Bonchev–Trinajstić information content (AvgIpc) is 2.46. The van der Waals surface area contributed by atoms with Gasteiger partial charge in [0.25, 0.3) is 10.1 Å². The molecule has 0 unspecified atom stereocenters. The molecular weight excluding hydrogens is 311 g/mol. The molecule has 0 heterocycles. The van der Waals surface area contributed by atoms with E-state index >= 15 is 0 Å². The van der Waals surface area contributed by atoms with Crippen LogP contribution in [0.4, 0.5) is 0 Å². The second-order valence-corrected chi connectivity index (χ2v) is 6.10. The Labute approximate surface area is 151 Å². The van der Waals surface area contributed by atoms with Gasteiger partial charge in [0, 0.05) is 5.56 Å². The number of benzene rings is 3. The van der Waals surface area contributed by atoms with Crippen molar-refractivity contribution in [3.05, 3.63) is 60.7 Å². The zero-order valence-corrected chi connectivity index (χ0v) is 14.7. The Balaban J connectivity index is 0.00000132. The molecule has 0 bridgehead atoms. The van der Waals surface area contributed by atoms with Gasteiger partial charge in [0.15, 0.2) is 0 Å². The largest absolute Gasteiger partial charge is 1.00 e. The summed E-state index contributed by atoms with van der Waals surface area (Å²) in [5.74, 6) is 0.119. The van der Waals surface area contributed by atoms with E-state index in [9.17, 15) is 13.5 Å². The third-order valence-corrected chi connectivity index (χ3v) is 4.22. The van der Waals surface area contributed by atoms with E-state index in [0.29, 0.717) is 11.1 Å². The van der Waals surface area contributed by atoms with Gasteiger partial charge in [-0.05, 0) is 34.5 Å². The summed E-state index contributed by atoms with van der Waals surface area (Å²) in [4.78, 5) is -0.175. The summed E-state index contributed by atoms with van der Waals surface area (Å²) in [5, 5.41) is 12.0. The molecule has 22 heavy (non-hydrogen) atoms. The van der Waals surface area contributed by atoms with E-state index < -0.39 is 10.1 Å². The Hall–Kier alpha value is -1.37. The fourth-order valence-electron chi connectivity index (χ4n) is 2.36. The topological polar surface area (TPSA) is 74.6 Å². The summed E-state index contributed by atoms with van der Waals surface area (Å²) in [5.41, 5.74) is 1.31. The van der Waals surface area contributed by atoms with Gasteiger partial charge in [0.1, 0.15) is 5.75 Å². The Morgan fingerprint density at radius 2 is 1.50 bits per heavy atom. The van der Waals surface area contributed by atoms with E-state index in [1.165, 1.54) is 12.1 Å². The van der Waals surface area contributed by atoms with Crippen molar-refractivity contribution in [2.45, 2.75) is 4.90 Å². The first-order valence-corrected chi connectivity index (χ1v) is 7.69. The Bertz CT molecular complexity index is 924. The van der Waals surface area contributed by atoms with Gasteiger partial charge in [-0.2, -0.15) is 8.42 Å². The van der Waals surface area contributed by atoms with Crippen LogP contribution >= 0.6 is 0 Å². The molecule has 0 radical (unpaired) electrons. The summed E-state index contributed by atoms with van der Waals surface area (Å²) in [6.45, 7) is 0. The van der Waals surface area contributed by atoms with Crippen LogP contribution in [0.3, 0.4) is 0 Å². The van der Waals surface area contributed by atoms with Crippen LogP contribution in [-0.4, -0.2) is 18.1 Å². The zero-order valence-electron chi connectivity index (χ0n) is 12.9. The van der Waals surface area contributed by atoms with Crippen molar-refractivity contribution >= 4 is 20.9 Å². The second kappa shape index (κ2) is 6.40.